The van der Waals surface area contributed by atoms with Crippen molar-refractivity contribution in [2.24, 2.45) is 11.7 Å². The standard InChI is InChI=1S/C18H21N3O5S/c1-8-4-5-11-12(6-8)27-17(15(11)16(19)23)20-13(22)7-25-18(24)14-9(2)21-26-10(14)3/h8H,4-7H2,1-3H3,(H2,19,23)(H,20,22)/t8-/m1/s1. The number of aryl methyl sites for hydroxylation is 2. The van der Waals surface area contributed by atoms with Gasteiger partial charge in [0.05, 0.1) is 11.3 Å². The van der Waals surface area contributed by atoms with E-state index in [1.54, 1.807) is 13.8 Å². The highest BCUT2D eigenvalue weighted by Crippen LogP contribution is 2.39. The number of aromatic nitrogens is 1. The van der Waals surface area contributed by atoms with Gasteiger partial charge in [0.1, 0.15) is 16.3 Å². The number of rotatable bonds is 5. The first-order valence-corrected chi connectivity index (χ1v) is 9.43. The van der Waals surface area contributed by atoms with E-state index in [1.165, 1.54) is 11.3 Å². The minimum absolute atomic E-state index is 0.209. The van der Waals surface area contributed by atoms with Crippen molar-refractivity contribution < 1.29 is 23.6 Å². The Morgan fingerprint density at radius 3 is 2.70 bits per heavy atom. The van der Waals surface area contributed by atoms with Crippen LogP contribution in [0.5, 0.6) is 0 Å². The molecule has 9 heteroatoms. The van der Waals surface area contributed by atoms with Crippen molar-refractivity contribution in [2.75, 3.05) is 11.9 Å². The molecule has 1 atom stereocenters. The molecule has 0 saturated carbocycles. The number of amides is 2. The molecule has 144 valence electrons. The zero-order valence-corrected chi connectivity index (χ0v) is 16.2. The zero-order valence-electron chi connectivity index (χ0n) is 15.4. The molecule has 2 amide bonds. The Bertz CT molecular complexity index is 895. The van der Waals surface area contributed by atoms with Crippen molar-refractivity contribution >= 4 is 34.1 Å². The molecule has 0 aromatic carbocycles. The summed E-state index contributed by atoms with van der Waals surface area (Å²) in [6.45, 7) is 4.87. The maximum atomic E-state index is 12.2. The smallest absolute Gasteiger partial charge is 0.344 e. The minimum atomic E-state index is -0.684. The average molecular weight is 391 g/mol. The van der Waals surface area contributed by atoms with Crippen LogP contribution in [0.3, 0.4) is 0 Å². The third-order valence-electron chi connectivity index (χ3n) is 4.58. The summed E-state index contributed by atoms with van der Waals surface area (Å²) >= 11 is 1.36. The number of nitrogens with two attached hydrogens (primary N) is 1. The van der Waals surface area contributed by atoms with Crippen molar-refractivity contribution in [3.05, 3.63) is 33.0 Å². The molecule has 2 aromatic heterocycles. The lowest BCUT2D eigenvalue weighted by atomic mass is 9.88. The number of hydrogen-bond donors (Lipinski definition) is 2. The zero-order chi connectivity index (χ0) is 19.7. The first-order chi connectivity index (χ1) is 12.8. The minimum Gasteiger partial charge on any atom is -0.452 e. The van der Waals surface area contributed by atoms with E-state index in [-0.39, 0.29) is 5.56 Å². The topological polar surface area (TPSA) is 125 Å². The lowest BCUT2D eigenvalue weighted by Gasteiger charge is -2.18. The van der Waals surface area contributed by atoms with Gasteiger partial charge in [0.25, 0.3) is 11.8 Å². The molecular weight excluding hydrogens is 370 g/mol. The van der Waals surface area contributed by atoms with Crippen LogP contribution >= 0.6 is 11.3 Å². The molecule has 0 bridgehead atoms. The van der Waals surface area contributed by atoms with E-state index in [4.69, 9.17) is 15.0 Å². The fourth-order valence-corrected chi connectivity index (χ4v) is 4.67. The summed E-state index contributed by atoms with van der Waals surface area (Å²) < 4.78 is 9.95. The normalized spacial score (nSPS) is 15.9. The Labute approximate surface area is 160 Å². The molecular formula is C18H21N3O5S. The van der Waals surface area contributed by atoms with Crippen LogP contribution in [0.25, 0.3) is 0 Å². The SMILES string of the molecule is Cc1noc(C)c1C(=O)OCC(=O)Nc1sc2c(c1C(N)=O)CC[C@@H](C)C2. The molecule has 0 radical (unpaired) electrons. The average Bonchev–Trinajstić information content (AvgIpc) is 3.11. The largest absolute Gasteiger partial charge is 0.452 e. The third kappa shape index (κ3) is 3.87. The second-order valence-electron chi connectivity index (χ2n) is 6.74. The van der Waals surface area contributed by atoms with E-state index < -0.39 is 24.4 Å². The van der Waals surface area contributed by atoms with Crippen LogP contribution in [0.2, 0.25) is 0 Å². The second-order valence-corrected chi connectivity index (χ2v) is 7.85. The summed E-state index contributed by atoms with van der Waals surface area (Å²) in [4.78, 5) is 37.3. The molecule has 0 saturated heterocycles. The van der Waals surface area contributed by atoms with Crippen LogP contribution in [0.1, 0.15) is 56.0 Å². The van der Waals surface area contributed by atoms with Crippen molar-refractivity contribution in [1.82, 2.24) is 5.16 Å². The molecule has 0 spiro atoms. The number of esters is 1. The molecule has 2 aromatic rings. The molecule has 8 nitrogen and oxygen atoms in total. The molecule has 1 aliphatic rings. The fraction of sp³-hybridized carbons (Fsp3) is 0.444. The molecule has 0 unspecified atom stereocenters. The van der Waals surface area contributed by atoms with Crippen LogP contribution in [0.4, 0.5) is 5.00 Å². The Morgan fingerprint density at radius 2 is 2.07 bits per heavy atom. The monoisotopic (exact) mass is 391 g/mol. The number of nitrogens with one attached hydrogen (secondary N) is 1. The number of carbonyl (C=O) groups excluding carboxylic acids is 3. The Morgan fingerprint density at radius 1 is 1.33 bits per heavy atom. The lowest BCUT2D eigenvalue weighted by Crippen LogP contribution is -2.23. The number of ether oxygens (including phenoxy) is 1. The Hall–Kier alpha value is -2.68. The van der Waals surface area contributed by atoms with E-state index in [9.17, 15) is 14.4 Å². The van der Waals surface area contributed by atoms with Gasteiger partial charge >= 0.3 is 5.97 Å². The van der Waals surface area contributed by atoms with E-state index in [1.807, 2.05) is 0 Å². The number of nitrogens with zero attached hydrogens (tertiary/aromatic N) is 1. The van der Waals surface area contributed by atoms with Crippen LogP contribution in [-0.2, 0) is 22.4 Å². The highest BCUT2D eigenvalue weighted by atomic mass is 32.1. The van der Waals surface area contributed by atoms with Gasteiger partial charge in [-0.1, -0.05) is 12.1 Å². The van der Waals surface area contributed by atoms with Gasteiger partial charge in [0.15, 0.2) is 6.61 Å². The first kappa shape index (κ1) is 19.1. The highest BCUT2D eigenvalue weighted by molar-refractivity contribution is 7.17. The van der Waals surface area contributed by atoms with Crippen molar-refractivity contribution in [2.45, 2.75) is 40.0 Å². The molecule has 2 heterocycles. The molecule has 0 aliphatic heterocycles. The van der Waals surface area contributed by atoms with Gasteiger partial charge < -0.3 is 20.3 Å². The molecule has 0 fully saturated rings. The van der Waals surface area contributed by atoms with Crippen LogP contribution in [0.15, 0.2) is 4.52 Å². The number of thiophene rings is 1. The quantitative estimate of drug-likeness (QED) is 0.754. The maximum Gasteiger partial charge on any atom is 0.344 e. The summed E-state index contributed by atoms with van der Waals surface area (Å²) in [6, 6.07) is 0. The number of hydrogen-bond acceptors (Lipinski definition) is 7. The van der Waals surface area contributed by atoms with E-state index in [0.29, 0.717) is 27.9 Å². The van der Waals surface area contributed by atoms with Gasteiger partial charge in [0, 0.05) is 4.88 Å². The predicted octanol–water partition coefficient (Wildman–Crippen LogP) is 2.37. The summed E-state index contributed by atoms with van der Waals surface area (Å²) in [5.41, 5.74) is 7.43. The van der Waals surface area contributed by atoms with Gasteiger partial charge in [-0.3, -0.25) is 9.59 Å². The summed E-state index contributed by atoms with van der Waals surface area (Å²) in [5.74, 6) is -0.935. The first-order valence-electron chi connectivity index (χ1n) is 8.62. The third-order valence-corrected chi connectivity index (χ3v) is 5.75. The highest BCUT2D eigenvalue weighted by Gasteiger charge is 2.27. The number of primary amides is 1. The fourth-order valence-electron chi connectivity index (χ4n) is 3.24. The maximum absolute atomic E-state index is 12.2. The van der Waals surface area contributed by atoms with E-state index in [0.717, 1.165) is 29.7 Å². The van der Waals surface area contributed by atoms with Gasteiger partial charge in [0.2, 0.25) is 0 Å². The molecule has 3 N–H and O–H groups in total. The van der Waals surface area contributed by atoms with Gasteiger partial charge in [-0.25, -0.2) is 4.79 Å². The molecule has 27 heavy (non-hydrogen) atoms. The van der Waals surface area contributed by atoms with E-state index in [2.05, 4.69) is 17.4 Å². The van der Waals surface area contributed by atoms with Crippen molar-refractivity contribution in [1.29, 1.82) is 0 Å². The van der Waals surface area contributed by atoms with Gasteiger partial charge in [-0.15, -0.1) is 11.3 Å². The number of fused-ring (bicyclic) bond motifs is 1. The Kier molecular flexibility index (Phi) is 5.31. The van der Waals surface area contributed by atoms with Gasteiger partial charge in [-0.05, 0) is 44.6 Å². The van der Waals surface area contributed by atoms with Crippen LogP contribution in [-0.4, -0.2) is 29.5 Å². The van der Waals surface area contributed by atoms with E-state index >= 15 is 0 Å². The number of anilines is 1. The Balaban J connectivity index is 1.69. The number of carbonyl (C=O) groups is 3. The van der Waals surface area contributed by atoms with Crippen LogP contribution in [0, 0.1) is 19.8 Å². The molecule has 1 aliphatic carbocycles. The lowest BCUT2D eigenvalue weighted by molar-refractivity contribution is -0.119. The summed E-state index contributed by atoms with van der Waals surface area (Å²) in [5, 5.41) is 6.75. The predicted molar refractivity (Wildman–Crippen MR) is 98.9 cm³/mol. The molecule has 3 rings (SSSR count). The summed E-state index contributed by atoms with van der Waals surface area (Å²) in [7, 11) is 0. The van der Waals surface area contributed by atoms with Crippen LogP contribution < -0.4 is 11.1 Å². The van der Waals surface area contributed by atoms with Gasteiger partial charge in [-0.2, -0.15) is 0 Å². The second kappa shape index (κ2) is 7.51. The summed E-state index contributed by atoms with van der Waals surface area (Å²) in [6.07, 6.45) is 2.60. The van der Waals surface area contributed by atoms with Crippen molar-refractivity contribution in [3.8, 4) is 0 Å². The van der Waals surface area contributed by atoms with Crippen molar-refractivity contribution in [3.63, 3.8) is 0 Å².